The van der Waals surface area contributed by atoms with Crippen molar-refractivity contribution in [3.8, 4) is 0 Å². The minimum atomic E-state index is -2.90. The fourth-order valence-electron chi connectivity index (χ4n) is 11.4. The molecule has 4 aliphatic rings. The summed E-state index contributed by atoms with van der Waals surface area (Å²) >= 11 is 1.24. The Labute approximate surface area is 433 Å². The van der Waals surface area contributed by atoms with Crippen molar-refractivity contribution in [1.82, 2.24) is 5.32 Å². The molecule has 20 heteroatoms. The zero-order valence-corrected chi connectivity index (χ0v) is 46.7. The van der Waals surface area contributed by atoms with Crippen LogP contribution in [0.2, 0.25) is 18.1 Å². The SMILES string of the molecule is CC[Si](CC)(CC)O[C@H]1C(=O)[C@@]2(C)C([C@H](OC(=O)c3ccccc3)[C@]3(O)C[C@H](OC(=O)[C@H](OC(C)(C)OC)[C@@H](NC(=O)OC(C)(C)C)c4cccs4)C(C)=C1C3(C)C)[C@]1(OC(C)=O)CO[C@@H]1C[C@@H]2OC(=O)OC. The number of ketones is 1. The Bertz CT molecular complexity index is 2390. The van der Waals surface area contributed by atoms with Crippen LogP contribution in [0.1, 0.15) is 124 Å². The van der Waals surface area contributed by atoms with Gasteiger partial charge in [-0.05, 0) is 101 Å². The van der Waals surface area contributed by atoms with Gasteiger partial charge in [0.2, 0.25) is 0 Å². The Morgan fingerprint density at radius 3 is 2.10 bits per heavy atom. The van der Waals surface area contributed by atoms with Crippen molar-refractivity contribution < 1.29 is 80.9 Å². The molecule has 0 spiro atoms. The fourth-order valence-corrected chi connectivity index (χ4v) is 15.0. The number of alkyl carbamates (subject to hydrolysis) is 1. The van der Waals surface area contributed by atoms with Crippen molar-refractivity contribution >= 4 is 55.6 Å². The summed E-state index contributed by atoms with van der Waals surface area (Å²) in [6.45, 7) is 21.9. The van der Waals surface area contributed by atoms with Crippen LogP contribution in [0.5, 0.6) is 0 Å². The van der Waals surface area contributed by atoms with Crippen molar-refractivity contribution in [2.24, 2.45) is 16.7 Å². The fraction of sp³-hybridized carbons (Fsp3) is 0.660. The average Bonchev–Trinajstić information content (AvgIpc) is 3.87. The highest BCUT2D eigenvalue weighted by Crippen LogP contribution is 2.65. The highest BCUT2D eigenvalue weighted by atomic mass is 32.1. The largest absolute Gasteiger partial charge is 0.508 e. The third-order valence-electron chi connectivity index (χ3n) is 15.8. The lowest BCUT2D eigenvalue weighted by Gasteiger charge is -2.67. The summed E-state index contributed by atoms with van der Waals surface area (Å²) in [6, 6.07) is 12.0. The van der Waals surface area contributed by atoms with E-state index in [0.29, 0.717) is 28.6 Å². The monoisotopic (exact) mass is 1060 g/mol. The Kier molecular flexibility index (Phi) is 17.0. The number of amides is 1. The number of Topliss-reactive ketones (excluding diaryl/α,β-unsaturated/α-hetero) is 1. The number of thiophene rings is 1. The first-order chi connectivity index (χ1) is 34.0. The van der Waals surface area contributed by atoms with Gasteiger partial charge in [-0.1, -0.05) is 58.9 Å². The van der Waals surface area contributed by atoms with Gasteiger partial charge in [-0.3, -0.25) is 9.59 Å². The lowest BCUT2D eigenvalue weighted by molar-refractivity contribution is -0.346. The lowest BCUT2D eigenvalue weighted by Crippen LogP contribution is -2.82. The number of esters is 3. The molecule has 73 heavy (non-hydrogen) atoms. The van der Waals surface area contributed by atoms with Crippen LogP contribution in [-0.2, 0) is 61.4 Å². The number of hydrogen-bond acceptors (Lipinski definition) is 18. The molecule has 2 N–H and O–H groups in total. The summed E-state index contributed by atoms with van der Waals surface area (Å²) in [4.78, 5) is 87.7. The predicted molar refractivity (Wildman–Crippen MR) is 269 cm³/mol. The van der Waals surface area contributed by atoms with E-state index in [4.69, 9.17) is 47.1 Å². The first-order valence-electron chi connectivity index (χ1n) is 25.0. The summed E-state index contributed by atoms with van der Waals surface area (Å²) in [5, 5.41) is 18.9. The van der Waals surface area contributed by atoms with Gasteiger partial charge in [0.15, 0.2) is 31.6 Å². The van der Waals surface area contributed by atoms with Gasteiger partial charge in [0.1, 0.15) is 47.8 Å². The van der Waals surface area contributed by atoms with Crippen LogP contribution in [0, 0.1) is 16.7 Å². The van der Waals surface area contributed by atoms with Crippen LogP contribution < -0.4 is 5.32 Å². The first kappa shape index (κ1) is 57.6. The highest BCUT2D eigenvalue weighted by Gasteiger charge is 2.79. The molecular weight excluding hydrogens is 983 g/mol. The number of fused-ring (bicyclic) bond motifs is 5. The van der Waals surface area contributed by atoms with E-state index in [1.807, 2.05) is 20.8 Å². The summed E-state index contributed by atoms with van der Waals surface area (Å²) in [6.07, 6.45) is -11.4. The van der Waals surface area contributed by atoms with Crippen molar-refractivity contribution in [2.45, 2.75) is 186 Å². The molecule has 6 rings (SSSR count). The smallest absolute Gasteiger partial charge is 0.456 e. The molecular formula is C53H75NO17SSi. The molecule has 2 saturated carbocycles. The summed E-state index contributed by atoms with van der Waals surface area (Å²) in [7, 11) is -0.375. The number of hydrogen-bond donors (Lipinski definition) is 2. The van der Waals surface area contributed by atoms with Crippen LogP contribution in [0.15, 0.2) is 59.0 Å². The summed E-state index contributed by atoms with van der Waals surface area (Å²) in [5.41, 5.74) is -7.93. The van der Waals surface area contributed by atoms with E-state index in [0.717, 1.165) is 7.11 Å². The maximum Gasteiger partial charge on any atom is 0.508 e. The molecule has 3 fully saturated rings. The number of methoxy groups -OCH3 is 2. The van der Waals surface area contributed by atoms with E-state index in [1.165, 1.54) is 37.5 Å². The minimum absolute atomic E-state index is 0.0922. The maximum absolute atomic E-state index is 16.7. The zero-order chi connectivity index (χ0) is 54.3. The molecule has 0 radical (unpaired) electrons. The van der Waals surface area contributed by atoms with Crippen LogP contribution in [-0.4, -0.2) is 129 Å². The summed E-state index contributed by atoms with van der Waals surface area (Å²) in [5.74, 6) is -6.24. The van der Waals surface area contributed by atoms with Crippen molar-refractivity contribution in [3.05, 3.63) is 69.4 Å². The van der Waals surface area contributed by atoms with Gasteiger partial charge in [0.25, 0.3) is 0 Å². The molecule has 1 unspecified atom stereocenters. The van der Waals surface area contributed by atoms with E-state index in [9.17, 15) is 24.3 Å². The van der Waals surface area contributed by atoms with Crippen molar-refractivity contribution in [2.75, 3.05) is 20.8 Å². The Morgan fingerprint density at radius 2 is 1.58 bits per heavy atom. The second kappa shape index (κ2) is 21.5. The number of benzene rings is 1. The average molecular weight is 1060 g/mol. The molecule has 1 amide bonds. The first-order valence-corrected chi connectivity index (χ1v) is 28.4. The molecule has 1 aromatic carbocycles. The van der Waals surface area contributed by atoms with E-state index in [1.54, 1.807) is 98.0 Å². The van der Waals surface area contributed by atoms with Crippen molar-refractivity contribution in [3.63, 3.8) is 0 Å². The third kappa shape index (κ3) is 10.9. The number of carbonyl (C=O) groups excluding carboxylic acids is 6. The molecule has 18 nitrogen and oxygen atoms in total. The number of rotatable bonds is 17. The van der Waals surface area contributed by atoms with Crippen molar-refractivity contribution in [1.29, 1.82) is 0 Å². The molecule has 3 aliphatic carbocycles. The minimum Gasteiger partial charge on any atom is -0.456 e. The van der Waals surface area contributed by atoms with Crippen LogP contribution in [0.4, 0.5) is 9.59 Å². The van der Waals surface area contributed by atoms with Gasteiger partial charge in [-0.15, -0.1) is 11.3 Å². The van der Waals surface area contributed by atoms with E-state index in [2.05, 4.69) is 5.32 Å². The molecule has 1 saturated heterocycles. The number of nitrogens with one attached hydrogen (secondary N) is 1. The normalized spacial score (nSPS) is 29.6. The summed E-state index contributed by atoms with van der Waals surface area (Å²) < 4.78 is 62.0. The number of carbonyl (C=O) groups is 6. The Morgan fingerprint density at radius 1 is 0.932 bits per heavy atom. The van der Waals surface area contributed by atoms with Gasteiger partial charge in [0.05, 0.1) is 30.6 Å². The van der Waals surface area contributed by atoms with Crippen LogP contribution in [0.3, 0.4) is 0 Å². The highest BCUT2D eigenvalue weighted by molar-refractivity contribution is 7.10. The molecule has 2 aromatic rings. The Hall–Kier alpha value is -4.70. The second-order valence-corrected chi connectivity index (χ2v) is 27.5. The number of ether oxygens (including phenoxy) is 9. The second-order valence-electron chi connectivity index (χ2n) is 21.8. The molecule has 404 valence electrons. The van der Waals surface area contributed by atoms with Gasteiger partial charge >= 0.3 is 30.2 Å². The molecule has 2 bridgehead atoms. The topological polar surface area (TPSA) is 227 Å². The van der Waals surface area contributed by atoms with Gasteiger partial charge < -0.3 is 57.5 Å². The van der Waals surface area contributed by atoms with Gasteiger partial charge in [0, 0.05) is 37.2 Å². The molecule has 1 aromatic heterocycles. The number of aliphatic hydroxyl groups is 1. The van der Waals surface area contributed by atoms with E-state index < -0.39 is 133 Å². The molecule has 2 heterocycles. The van der Waals surface area contributed by atoms with E-state index >= 15 is 9.59 Å². The van der Waals surface area contributed by atoms with Crippen LogP contribution in [0.25, 0.3) is 0 Å². The molecule has 1 aliphatic heterocycles. The maximum atomic E-state index is 16.7. The third-order valence-corrected chi connectivity index (χ3v) is 21.3. The Balaban J connectivity index is 1.67. The lowest BCUT2D eigenvalue weighted by atomic mass is 9.44. The standard InChI is InChI=1S/C53H75NO17SSi/c1-16-73(17-2,18-3)71-39-37-30(4)33(65-45(58)40(69-50(11,12)63-15)38(34-25-22-26-72-34)54-46(59)70-48(6,7)8)28-53(61,49(37,9)10)43(67-44(57)32-23-20-19-21-24-32)41-51(13,42(39)56)35(66-47(60)62-14)27-36-52(41,29-64-36)68-31(5)55/h19-26,33,35-36,38-41,43,61H,16-18,27-29H2,1-15H3,(H,54,59)/t33-,35-,36+,38-,39+,40+,41?,43-,51+,52-,53+/m0/s1. The van der Waals surface area contributed by atoms with E-state index in [-0.39, 0.29) is 24.2 Å². The quantitative estimate of drug-likeness (QED) is 0.0497. The van der Waals surface area contributed by atoms with Crippen LogP contribution >= 0.6 is 11.3 Å². The van der Waals surface area contributed by atoms with Gasteiger partial charge in [-0.2, -0.15) is 0 Å². The zero-order valence-electron chi connectivity index (χ0n) is 44.9. The molecule has 11 atom stereocenters. The van der Waals surface area contributed by atoms with Gasteiger partial charge in [-0.25, -0.2) is 19.2 Å². The predicted octanol–water partition coefficient (Wildman–Crippen LogP) is 8.55.